The first-order valence-corrected chi connectivity index (χ1v) is 9.16. The Labute approximate surface area is 167 Å². The van der Waals surface area contributed by atoms with Crippen molar-refractivity contribution in [3.8, 4) is 0 Å². The van der Waals surface area contributed by atoms with Crippen LogP contribution in [-0.4, -0.2) is 59.3 Å². The van der Waals surface area contributed by atoms with Gasteiger partial charge in [-0.2, -0.15) is 0 Å². The van der Waals surface area contributed by atoms with E-state index in [1.54, 1.807) is 57.0 Å². The zero-order chi connectivity index (χ0) is 20.5. The van der Waals surface area contributed by atoms with Gasteiger partial charge in [-0.1, -0.05) is 18.2 Å². The molecule has 1 aromatic carbocycles. The number of aldehydes is 1. The molecule has 3 aromatic rings. The summed E-state index contributed by atoms with van der Waals surface area (Å²) in [6.07, 6.45) is 5.45. The molecule has 2 unspecified atom stereocenters. The highest BCUT2D eigenvalue weighted by Crippen LogP contribution is 2.31. The summed E-state index contributed by atoms with van der Waals surface area (Å²) in [5.41, 5.74) is 1.63. The number of carbonyl (C=O) groups excluding carboxylic acids is 3. The van der Waals surface area contributed by atoms with E-state index in [-0.39, 0.29) is 18.4 Å². The molecule has 2 aromatic heterocycles. The summed E-state index contributed by atoms with van der Waals surface area (Å²) in [5, 5.41) is 2.09. The normalized spacial score (nSPS) is 18.8. The van der Waals surface area contributed by atoms with Crippen LogP contribution in [-0.2, 0) is 9.63 Å². The maximum Gasteiger partial charge on any atom is 0.328 e. The SMILES string of the molecule is CN(C)C(=O)n1cc(C(=O)C2CON(c3cccnc3)C2C=O)c2ccccc21. The molecule has 0 saturated carbocycles. The highest BCUT2D eigenvalue weighted by atomic mass is 16.7. The van der Waals surface area contributed by atoms with Crippen molar-refractivity contribution < 1.29 is 19.2 Å². The number of anilines is 1. The van der Waals surface area contributed by atoms with Crippen molar-refractivity contribution in [2.75, 3.05) is 25.8 Å². The molecule has 0 radical (unpaired) electrons. The third-order valence-corrected chi connectivity index (χ3v) is 5.02. The number of fused-ring (bicyclic) bond motifs is 1. The molecule has 0 N–H and O–H groups in total. The van der Waals surface area contributed by atoms with E-state index in [0.29, 0.717) is 28.4 Å². The van der Waals surface area contributed by atoms with E-state index in [9.17, 15) is 14.4 Å². The number of amides is 1. The zero-order valence-electron chi connectivity index (χ0n) is 16.1. The number of Topliss-reactive ketones (excluding diaryl/α,β-unsaturated/α-hetero) is 1. The average molecular weight is 392 g/mol. The van der Waals surface area contributed by atoms with E-state index in [0.717, 1.165) is 0 Å². The van der Waals surface area contributed by atoms with Gasteiger partial charge >= 0.3 is 6.03 Å². The fourth-order valence-corrected chi connectivity index (χ4v) is 3.57. The number of para-hydroxylation sites is 1. The largest absolute Gasteiger partial charge is 0.330 e. The predicted molar refractivity (Wildman–Crippen MR) is 107 cm³/mol. The predicted octanol–water partition coefficient (Wildman–Crippen LogP) is 2.38. The Morgan fingerprint density at radius 3 is 2.69 bits per heavy atom. The molecule has 1 fully saturated rings. The van der Waals surface area contributed by atoms with Gasteiger partial charge in [-0.05, 0) is 18.2 Å². The highest BCUT2D eigenvalue weighted by molar-refractivity contribution is 6.12. The standard InChI is InChI=1S/C21H20N4O4/c1-23(2)21(28)24-11-16(15-7-3-4-8-18(15)24)20(27)17-13-29-25(19(17)12-26)14-6-5-9-22-10-14/h3-12,17,19H,13H2,1-2H3. The number of carbonyl (C=O) groups is 3. The molecule has 0 aliphatic carbocycles. The van der Waals surface area contributed by atoms with Crippen LogP contribution < -0.4 is 5.06 Å². The number of hydrogen-bond donors (Lipinski definition) is 0. The fraction of sp³-hybridized carbons (Fsp3) is 0.238. The smallest absolute Gasteiger partial charge is 0.328 e. The van der Waals surface area contributed by atoms with Crippen LogP contribution in [0.1, 0.15) is 10.4 Å². The molecule has 1 amide bonds. The Bertz CT molecular complexity index is 1080. The Morgan fingerprint density at radius 2 is 2.00 bits per heavy atom. The third kappa shape index (κ3) is 3.17. The topological polar surface area (TPSA) is 84.7 Å². The summed E-state index contributed by atoms with van der Waals surface area (Å²) in [4.78, 5) is 48.9. The molecule has 0 bridgehead atoms. The Hall–Kier alpha value is -3.52. The minimum absolute atomic E-state index is 0.0677. The quantitative estimate of drug-likeness (QED) is 0.501. The zero-order valence-corrected chi connectivity index (χ0v) is 16.1. The second-order valence-electron chi connectivity index (χ2n) is 7.04. The Kier molecular flexibility index (Phi) is 4.85. The van der Waals surface area contributed by atoms with Crippen molar-refractivity contribution in [1.82, 2.24) is 14.5 Å². The lowest BCUT2D eigenvalue weighted by Crippen LogP contribution is -2.37. The average Bonchev–Trinajstić information content (AvgIpc) is 3.35. The van der Waals surface area contributed by atoms with E-state index in [2.05, 4.69) is 4.98 Å². The van der Waals surface area contributed by atoms with Crippen LogP contribution in [0.25, 0.3) is 10.9 Å². The summed E-state index contributed by atoms with van der Waals surface area (Å²) in [5.74, 6) is -0.934. The third-order valence-electron chi connectivity index (χ3n) is 5.02. The first kappa shape index (κ1) is 18.8. The maximum absolute atomic E-state index is 13.4. The van der Waals surface area contributed by atoms with Crippen LogP contribution in [0.15, 0.2) is 55.0 Å². The van der Waals surface area contributed by atoms with Gasteiger partial charge in [0.25, 0.3) is 0 Å². The molecule has 2 atom stereocenters. The van der Waals surface area contributed by atoms with E-state index in [1.165, 1.54) is 14.5 Å². The minimum atomic E-state index is -0.779. The first-order chi connectivity index (χ1) is 14.0. The van der Waals surface area contributed by atoms with Crippen LogP contribution >= 0.6 is 0 Å². The minimum Gasteiger partial charge on any atom is -0.330 e. The highest BCUT2D eigenvalue weighted by Gasteiger charge is 2.41. The lowest BCUT2D eigenvalue weighted by Gasteiger charge is -2.21. The molecule has 0 spiro atoms. The lowest BCUT2D eigenvalue weighted by atomic mass is 9.92. The van der Waals surface area contributed by atoms with Gasteiger partial charge in [-0.25, -0.2) is 9.86 Å². The van der Waals surface area contributed by atoms with E-state index >= 15 is 0 Å². The molecular weight excluding hydrogens is 372 g/mol. The van der Waals surface area contributed by atoms with Crippen molar-refractivity contribution in [3.63, 3.8) is 0 Å². The number of hydroxylamine groups is 1. The number of aromatic nitrogens is 2. The Morgan fingerprint density at radius 1 is 1.21 bits per heavy atom. The van der Waals surface area contributed by atoms with Gasteiger partial charge in [0.2, 0.25) is 0 Å². The molecule has 8 heteroatoms. The van der Waals surface area contributed by atoms with Gasteiger partial charge < -0.3 is 9.69 Å². The van der Waals surface area contributed by atoms with Gasteiger partial charge in [-0.3, -0.25) is 19.2 Å². The van der Waals surface area contributed by atoms with Gasteiger partial charge in [0.05, 0.1) is 29.9 Å². The van der Waals surface area contributed by atoms with Gasteiger partial charge in [-0.15, -0.1) is 0 Å². The van der Waals surface area contributed by atoms with Crippen molar-refractivity contribution in [2.24, 2.45) is 5.92 Å². The summed E-state index contributed by atoms with van der Waals surface area (Å²) < 4.78 is 1.45. The molecular formula is C21H20N4O4. The van der Waals surface area contributed by atoms with Crippen molar-refractivity contribution >= 4 is 34.7 Å². The number of nitrogens with zero attached hydrogens (tertiary/aromatic N) is 4. The van der Waals surface area contributed by atoms with Gasteiger partial charge in [0.1, 0.15) is 12.3 Å². The van der Waals surface area contributed by atoms with Gasteiger partial charge in [0.15, 0.2) is 5.78 Å². The molecule has 29 heavy (non-hydrogen) atoms. The van der Waals surface area contributed by atoms with E-state index in [4.69, 9.17) is 4.84 Å². The van der Waals surface area contributed by atoms with Crippen molar-refractivity contribution in [2.45, 2.75) is 6.04 Å². The summed E-state index contributed by atoms with van der Waals surface area (Å²) in [7, 11) is 3.30. The molecule has 148 valence electrons. The molecule has 1 saturated heterocycles. The van der Waals surface area contributed by atoms with Crippen LogP contribution in [0.2, 0.25) is 0 Å². The maximum atomic E-state index is 13.4. The second kappa shape index (κ2) is 7.48. The summed E-state index contributed by atoms with van der Waals surface area (Å²) >= 11 is 0. The van der Waals surface area contributed by atoms with Crippen LogP contribution in [0, 0.1) is 5.92 Å². The van der Waals surface area contributed by atoms with Gasteiger partial charge in [0, 0.05) is 37.4 Å². The first-order valence-electron chi connectivity index (χ1n) is 9.16. The number of pyridine rings is 1. The van der Waals surface area contributed by atoms with E-state index < -0.39 is 12.0 Å². The van der Waals surface area contributed by atoms with Crippen LogP contribution in [0.4, 0.5) is 10.5 Å². The number of rotatable bonds is 4. The fourth-order valence-electron chi connectivity index (χ4n) is 3.57. The molecule has 8 nitrogen and oxygen atoms in total. The Balaban J connectivity index is 1.72. The number of hydrogen-bond acceptors (Lipinski definition) is 6. The summed E-state index contributed by atoms with van der Waals surface area (Å²) in [6, 6.07) is 9.67. The van der Waals surface area contributed by atoms with Crippen LogP contribution in [0.5, 0.6) is 0 Å². The number of ketones is 1. The molecule has 3 heterocycles. The molecule has 1 aliphatic heterocycles. The number of benzene rings is 1. The summed E-state index contributed by atoms with van der Waals surface area (Å²) in [6.45, 7) is 0.0677. The van der Waals surface area contributed by atoms with Crippen molar-refractivity contribution in [1.29, 1.82) is 0 Å². The molecule has 4 rings (SSSR count). The monoisotopic (exact) mass is 392 g/mol. The lowest BCUT2D eigenvalue weighted by molar-refractivity contribution is -0.109. The van der Waals surface area contributed by atoms with Crippen LogP contribution in [0.3, 0.4) is 0 Å². The second-order valence-corrected chi connectivity index (χ2v) is 7.04. The van der Waals surface area contributed by atoms with E-state index in [1.807, 2.05) is 12.1 Å². The van der Waals surface area contributed by atoms with Crippen molar-refractivity contribution in [3.05, 3.63) is 60.6 Å². The molecule has 1 aliphatic rings.